The summed E-state index contributed by atoms with van der Waals surface area (Å²) in [5.74, 6) is -0.290. The van der Waals surface area contributed by atoms with Gasteiger partial charge in [-0.05, 0) is 25.1 Å². The molecule has 15 heavy (non-hydrogen) atoms. The van der Waals surface area contributed by atoms with Crippen LogP contribution in [0, 0.1) is 5.82 Å². The third-order valence-electron chi connectivity index (χ3n) is 2.67. The van der Waals surface area contributed by atoms with E-state index < -0.39 is 5.60 Å². The molecule has 0 radical (unpaired) electrons. The van der Waals surface area contributed by atoms with Gasteiger partial charge in [0.25, 0.3) is 0 Å². The van der Waals surface area contributed by atoms with Crippen LogP contribution < -0.4 is 5.73 Å². The third kappa shape index (κ3) is 1.79. The molecule has 1 heterocycles. The Morgan fingerprint density at radius 3 is 3.00 bits per heavy atom. The molecule has 4 heteroatoms. The normalized spacial score (nSPS) is 24.9. The van der Waals surface area contributed by atoms with Crippen LogP contribution in [0.2, 0.25) is 0 Å². The monoisotopic (exact) mass is 208 g/mol. The van der Waals surface area contributed by atoms with E-state index in [-0.39, 0.29) is 5.82 Å². The molecule has 2 N–H and O–H groups in total. The second-order valence-electron chi connectivity index (χ2n) is 3.85. The molecule has 0 bridgehead atoms. The van der Waals surface area contributed by atoms with Gasteiger partial charge in [-0.15, -0.1) is 0 Å². The molecule has 0 aliphatic carbocycles. The predicted molar refractivity (Wildman–Crippen MR) is 57.2 cm³/mol. The average Bonchev–Trinajstić information content (AvgIpc) is 2.23. The Morgan fingerprint density at radius 1 is 1.53 bits per heavy atom. The summed E-state index contributed by atoms with van der Waals surface area (Å²) in [7, 11) is 0. The number of hydrogen-bond acceptors (Lipinski definition) is 3. The third-order valence-corrected chi connectivity index (χ3v) is 2.67. The molecule has 0 saturated carbocycles. The van der Waals surface area contributed by atoms with Crippen molar-refractivity contribution in [2.45, 2.75) is 18.9 Å². The number of aliphatic imine (C=N–C) groups is 1. The summed E-state index contributed by atoms with van der Waals surface area (Å²) in [5, 5.41) is 0. The fourth-order valence-electron chi connectivity index (χ4n) is 1.69. The zero-order valence-electron chi connectivity index (χ0n) is 8.53. The minimum Gasteiger partial charge on any atom is -0.473 e. The van der Waals surface area contributed by atoms with E-state index in [1.165, 1.54) is 12.5 Å². The van der Waals surface area contributed by atoms with Crippen molar-refractivity contribution in [3.8, 4) is 0 Å². The molecule has 0 fully saturated rings. The second kappa shape index (κ2) is 3.53. The lowest BCUT2D eigenvalue weighted by molar-refractivity contribution is 0.0598. The second-order valence-corrected chi connectivity index (χ2v) is 3.85. The molecular weight excluding hydrogens is 195 g/mol. The maximum absolute atomic E-state index is 13.6. The van der Waals surface area contributed by atoms with Crippen LogP contribution in [0.4, 0.5) is 10.1 Å². The van der Waals surface area contributed by atoms with Gasteiger partial charge in [-0.25, -0.2) is 4.39 Å². The topological polar surface area (TPSA) is 47.6 Å². The highest BCUT2D eigenvalue weighted by Crippen LogP contribution is 2.33. The molecule has 1 aromatic rings. The van der Waals surface area contributed by atoms with Crippen molar-refractivity contribution in [3.05, 3.63) is 29.6 Å². The summed E-state index contributed by atoms with van der Waals surface area (Å²) in [6.45, 7) is 2.49. The molecular formula is C11H13FN2O. The van der Waals surface area contributed by atoms with Crippen molar-refractivity contribution in [1.29, 1.82) is 0 Å². The number of nitrogens with two attached hydrogens (primary N) is 1. The first kappa shape index (κ1) is 9.96. The van der Waals surface area contributed by atoms with Crippen molar-refractivity contribution in [3.63, 3.8) is 0 Å². The highest BCUT2D eigenvalue weighted by atomic mass is 19.1. The van der Waals surface area contributed by atoms with E-state index in [0.29, 0.717) is 24.2 Å². The number of nitrogen functional groups attached to an aromatic ring is 1. The lowest BCUT2D eigenvalue weighted by atomic mass is 9.91. The number of halogens is 1. The summed E-state index contributed by atoms with van der Waals surface area (Å²) in [6.07, 6.45) is 2.04. The van der Waals surface area contributed by atoms with Gasteiger partial charge in [0.05, 0.1) is 0 Å². The van der Waals surface area contributed by atoms with E-state index in [4.69, 9.17) is 10.5 Å². The van der Waals surface area contributed by atoms with Crippen LogP contribution in [0.3, 0.4) is 0 Å². The molecule has 0 saturated heterocycles. The van der Waals surface area contributed by atoms with Gasteiger partial charge in [0.1, 0.15) is 11.4 Å². The largest absolute Gasteiger partial charge is 0.473 e. The predicted octanol–water partition coefficient (Wildman–Crippen LogP) is 2.07. The lowest BCUT2D eigenvalue weighted by Crippen LogP contribution is -2.30. The van der Waals surface area contributed by atoms with Crippen molar-refractivity contribution < 1.29 is 9.13 Å². The number of rotatable bonds is 1. The average molecular weight is 208 g/mol. The molecule has 0 aromatic heterocycles. The Bertz CT molecular complexity index is 406. The maximum atomic E-state index is 13.6. The van der Waals surface area contributed by atoms with Gasteiger partial charge in [0.15, 0.2) is 6.40 Å². The lowest BCUT2D eigenvalue weighted by Gasteiger charge is -2.31. The van der Waals surface area contributed by atoms with Gasteiger partial charge in [-0.1, -0.05) is 0 Å². The van der Waals surface area contributed by atoms with Gasteiger partial charge in [0.2, 0.25) is 0 Å². The highest BCUT2D eigenvalue weighted by molar-refractivity contribution is 5.51. The number of nitrogens with zero attached hydrogens (tertiary/aromatic N) is 1. The van der Waals surface area contributed by atoms with E-state index in [2.05, 4.69) is 4.99 Å². The minimum absolute atomic E-state index is 0.290. The van der Waals surface area contributed by atoms with Gasteiger partial charge in [0, 0.05) is 24.2 Å². The Morgan fingerprint density at radius 2 is 2.33 bits per heavy atom. The summed E-state index contributed by atoms with van der Waals surface area (Å²) >= 11 is 0. The minimum atomic E-state index is -0.652. The standard InChI is InChI=1S/C11H13FN2O/c1-11(4-5-14-7-15-11)9-6-8(13)2-3-10(9)12/h2-3,6-7H,4-5,13H2,1H3/t11-/m0/s1. The van der Waals surface area contributed by atoms with Crippen LogP contribution in [0.5, 0.6) is 0 Å². The maximum Gasteiger partial charge on any atom is 0.170 e. The molecule has 1 aromatic carbocycles. The van der Waals surface area contributed by atoms with Crippen LogP contribution in [0.1, 0.15) is 18.9 Å². The van der Waals surface area contributed by atoms with Crippen LogP contribution in [0.15, 0.2) is 23.2 Å². The Labute approximate surface area is 87.8 Å². The summed E-state index contributed by atoms with van der Waals surface area (Å²) in [6, 6.07) is 4.53. The summed E-state index contributed by atoms with van der Waals surface area (Å²) in [5.41, 5.74) is 6.02. The van der Waals surface area contributed by atoms with Crippen LogP contribution >= 0.6 is 0 Å². The Hall–Kier alpha value is -1.58. The van der Waals surface area contributed by atoms with Crippen LogP contribution in [0.25, 0.3) is 0 Å². The molecule has 1 aliphatic rings. The van der Waals surface area contributed by atoms with E-state index >= 15 is 0 Å². The molecule has 1 atom stereocenters. The number of hydrogen-bond donors (Lipinski definition) is 1. The SMILES string of the molecule is C[C@@]1(c2cc(N)ccc2F)CCN=CO1. The van der Waals surface area contributed by atoms with Crippen LogP contribution in [-0.2, 0) is 10.3 Å². The smallest absolute Gasteiger partial charge is 0.170 e. The van der Waals surface area contributed by atoms with E-state index in [1.54, 1.807) is 12.1 Å². The number of benzene rings is 1. The van der Waals surface area contributed by atoms with Crippen molar-refractivity contribution in [2.75, 3.05) is 12.3 Å². The molecule has 0 unspecified atom stereocenters. The number of anilines is 1. The Kier molecular flexibility index (Phi) is 2.34. The van der Waals surface area contributed by atoms with Gasteiger partial charge in [-0.3, -0.25) is 4.99 Å². The molecule has 0 amide bonds. The first-order chi connectivity index (χ1) is 7.12. The van der Waals surface area contributed by atoms with Crippen LogP contribution in [-0.4, -0.2) is 12.9 Å². The molecule has 80 valence electrons. The van der Waals surface area contributed by atoms with Crippen molar-refractivity contribution in [1.82, 2.24) is 0 Å². The quantitative estimate of drug-likeness (QED) is 0.718. The fraction of sp³-hybridized carbons (Fsp3) is 0.364. The molecule has 1 aliphatic heterocycles. The van der Waals surface area contributed by atoms with Gasteiger partial charge < -0.3 is 10.5 Å². The summed E-state index contributed by atoms with van der Waals surface area (Å²) in [4.78, 5) is 3.95. The van der Waals surface area contributed by atoms with Gasteiger partial charge >= 0.3 is 0 Å². The van der Waals surface area contributed by atoms with E-state index in [1.807, 2.05) is 6.92 Å². The zero-order chi connectivity index (χ0) is 10.9. The Balaban J connectivity index is 2.43. The molecule has 2 rings (SSSR count). The van der Waals surface area contributed by atoms with E-state index in [0.717, 1.165) is 0 Å². The van der Waals surface area contributed by atoms with Crippen molar-refractivity contribution in [2.24, 2.45) is 4.99 Å². The van der Waals surface area contributed by atoms with Gasteiger partial charge in [-0.2, -0.15) is 0 Å². The first-order valence-corrected chi connectivity index (χ1v) is 4.83. The number of ether oxygens (including phenoxy) is 1. The highest BCUT2D eigenvalue weighted by Gasteiger charge is 2.32. The summed E-state index contributed by atoms with van der Waals surface area (Å²) < 4.78 is 19.0. The fourth-order valence-corrected chi connectivity index (χ4v) is 1.69. The van der Waals surface area contributed by atoms with E-state index in [9.17, 15) is 4.39 Å². The molecule has 3 nitrogen and oxygen atoms in total. The first-order valence-electron chi connectivity index (χ1n) is 4.83. The van der Waals surface area contributed by atoms with Crippen molar-refractivity contribution >= 4 is 12.1 Å². The molecule has 0 spiro atoms. The zero-order valence-corrected chi connectivity index (χ0v) is 8.53.